The highest BCUT2D eigenvalue weighted by Crippen LogP contribution is 2.44. The number of fused-ring (bicyclic) bond motifs is 3. The number of carbonyl (C=O) groups excluding carboxylic acids is 2. The van der Waals surface area contributed by atoms with Crippen molar-refractivity contribution in [3.63, 3.8) is 0 Å². The van der Waals surface area contributed by atoms with E-state index >= 15 is 0 Å². The standard InChI is InChI=1S/C24H24N4O5/c1-3-20(23(30)31)26-22(29)18-12-25-28(2)21(18)27-24(32)33-13-19-16-10-6-4-8-14(16)15-9-5-7-11-17(15)19/h4-12,19-20H,3,13H2,1-2H3,(H,26,29)(H,27,32)(H,30,31). The van der Waals surface area contributed by atoms with Crippen LogP contribution in [0.4, 0.5) is 10.6 Å². The van der Waals surface area contributed by atoms with E-state index in [-0.39, 0.29) is 30.3 Å². The first-order valence-corrected chi connectivity index (χ1v) is 10.6. The van der Waals surface area contributed by atoms with E-state index in [9.17, 15) is 19.5 Å². The van der Waals surface area contributed by atoms with Crippen LogP contribution in [0, 0.1) is 0 Å². The summed E-state index contributed by atoms with van der Waals surface area (Å²) >= 11 is 0. The summed E-state index contributed by atoms with van der Waals surface area (Å²) in [7, 11) is 1.56. The number of benzene rings is 2. The summed E-state index contributed by atoms with van der Waals surface area (Å²) in [6.45, 7) is 1.77. The fourth-order valence-corrected chi connectivity index (χ4v) is 4.06. The van der Waals surface area contributed by atoms with Gasteiger partial charge in [-0.2, -0.15) is 5.10 Å². The number of nitrogens with one attached hydrogen (secondary N) is 2. The Morgan fingerprint density at radius 3 is 2.27 bits per heavy atom. The zero-order valence-electron chi connectivity index (χ0n) is 18.2. The zero-order chi connectivity index (χ0) is 23.5. The predicted molar refractivity (Wildman–Crippen MR) is 121 cm³/mol. The zero-order valence-corrected chi connectivity index (χ0v) is 18.2. The molecule has 2 aromatic carbocycles. The first kappa shape index (κ1) is 22.1. The van der Waals surface area contributed by atoms with E-state index in [4.69, 9.17) is 4.74 Å². The lowest BCUT2D eigenvalue weighted by Crippen LogP contribution is -2.40. The topological polar surface area (TPSA) is 123 Å². The second-order valence-electron chi connectivity index (χ2n) is 7.75. The lowest BCUT2D eigenvalue weighted by molar-refractivity contribution is -0.139. The van der Waals surface area contributed by atoms with Gasteiger partial charge in [0.25, 0.3) is 5.91 Å². The van der Waals surface area contributed by atoms with Crippen LogP contribution >= 0.6 is 0 Å². The Balaban J connectivity index is 1.46. The average Bonchev–Trinajstić information content (AvgIpc) is 3.33. The summed E-state index contributed by atoms with van der Waals surface area (Å²) in [5, 5.41) is 18.2. The van der Waals surface area contributed by atoms with Crippen molar-refractivity contribution in [1.29, 1.82) is 0 Å². The van der Waals surface area contributed by atoms with E-state index in [1.807, 2.05) is 36.4 Å². The molecule has 0 saturated heterocycles. The number of carboxylic acids is 1. The van der Waals surface area contributed by atoms with Crippen molar-refractivity contribution in [2.45, 2.75) is 25.3 Å². The van der Waals surface area contributed by atoms with Gasteiger partial charge in [-0.1, -0.05) is 55.5 Å². The van der Waals surface area contributed by atoms with E-state index in [0.717, 1.165) is 22.3 Å². The number of aryl methyl sites for hydroxylation is 1. The van der Waals surface area contributed by atoms with Gasteiger partial charge >= 0.3 is 12.1 Å². The SMILES string of the molecule is CCC(NC(=O)c1cnn(C)c1NC(=O)OCC1c2ccccc2-c2ccccc21)C(=O)O. The van der Waals surface area contributed by atoms with Crippen molar-refractivity contribution >= 4 is 23.8 Å². The number of ether oxygens (including phenoxy) is 1. The highest BCUT2D eigenvalue weighted by molar-refractivity contribution is 6.02. The molecule has 1 atom stereocenters. The number of hydrogen-bond donors (Lipinski definition) is 3. The monoisotopic (exact) mass is 448 g/mol. The van der Waals surface area contributed by atoms with Crippen molar-refractivity contribution in [2.75, 3.05) is 11.9 Å². The van der Waals surface area contributed by atoms with Gasteiger partial charge in [-0.05, 0) is 28.7 Å². The lowest BCUT2D eigenvalue weighted by atomic mass is 9.98. The molecule has 0 bridgehead atoms. The first-order valence-electron chi connectivity index (χ1n) is 10.6. The average molecular weight is 448 g/mol. The van der Waals surface area contributed by atoms with E-state index in [1.54, 1.807) is 14.0 Å². The van der Waals surface area contributed by atoms with Crippen LogP contribution in [0.25, 0.3) is 11.1 Å². The predicted octanol–water partition coefficient (Wildman–Crippen LogP) is 3.37. The molecule has 1 heterocycles. The molecule has 3 N–H and O–H groups in total. The molecule has 2 amide bonds. The van der Waals surface area contributed by atoms with E-state index in [1.165, 1.54) is 10.9 Å². The molecule has 1 aliphatic rings. The number of amides is 2. The molecular weight excluding hydrogens is 424 g/mol. The van der Waals surface area contributed by atoms with Crippen LogP contribution in [-0.4, -0.2) is 45.5 Å². The van der Waals surface area contributed by atoms with Crippen molar-refractivity contribution in [2.24, 2.45) is 7.05 Å². The second kappa shape index (κ2) is 9.15. The minimum atomic E-state index is -1.14. The largest absolute Gasteiger partial charge is 0.480 e. The molecule has 33 heavy (non-hydrogen) atoms. The Morgan fingerprint density at radius 1 is 1.09 bits per heavy atom. The number of carboxylic acid groups (broad SMARTS) is 1. The van der Waals surface area contributed by atoms with Gasteiger partial charge < -0.3 is 15.2 Å². The van der Waals surface area contributed by atoms with Gasteiger partial charge in [-0.15, -0.1) is 0 Å². The van der Waals surface area contributed by atoms with Gasteiger partial charge in [-0.3, -0.25) is 14.8 Å². The minimum absolute atomic E-state index is 0.0470. The Kier molecular flexibility index (Phi) is 6.12. The minimum Gasteiger partial charge on any atom is -0.480 e. The van der Waals surface area contributed by atoms with Crippen molar-refractivity contribution in [1.82, 2.24) is 15.1 Å². The molecule has 3 aromatic rings. The molecule has 9 heteroatoms. The van der Waals surface area contributed by atoms with Crippen LogP contribution in [0.15, 0.2) is 54.7 Å². The van der Waals surface area contributed by atoms with Crippen molar-refractivity contribution < 1.29 is 24.2 Å². The van der Waals surface area contributed by atoms with Crippen molar-refractivity contribution in [3.05, 3.63) is 71.4 Å². The number of aliphatic carboxylic acids is 1. The summed E-state index contributed by atoms with van der Waals surface area (Å²) in [4.78, 5) is 36.4. The van der Waals surface area contributed by atoms with Gasteiger partial charge in [0.05, 0.1) is 6.20 Å². The van der Waals surface area contributed by atoms with E-state index < -0.39 is 24.0 Å². The van der Waals surface area contributed by atoms with Crippen LogP contribution in [0.1, 0.15) is 40.7 Å². The molecule has 4 rings (SSSR count). The third-order valence-corrected chi connectivity index (χ3v) is 5.76. The van der Waals surface area contributed by atoms with Gasteiger partial charge in [0.1, 0.15) is 24.0 Å². The Hall–Kier alpha value is -4.14. The van der Waals surface area contributed by atoms with E-state index in [0.29, 0.717) is 0 Å². The molecule has 1 aromatic heterocycles. The molecule has 0 fully saturated rings. The van der Waals surface area contributed by atoms with Gasteiger partial charge in [-0.25, -0.2) is 9.59 Å². The molecule has 0 spiro atoms. The van der Waals surface area contributed by atoms with Gasteiger partial charge in [0.15, 0.2) is 0 Å². The Labute approximate surface area is 190 Å². The number of hydrogen-bond acceptors (Lipinski definition) is 5. The summed E-state index contributed by atoms with van der Waals surface area (Å²) in [6.07, 6.45) is 0.749. The fraction of sp³-hybridized carbons (Fsp3) is 0.250. The maximum absolute atomic E-state index is 12.6. The van der Waals surface area contributed by atoms with Crippen LogP contribution < -0.4 is 10.6 Å². The number of nitrogens with zero attached hydrogens (tertiary/aromatic N) is 2. The van der Waals surface area contributed by atoms with Gasteiger partial charge in [0.2, 0.25) is 0 Å². The van der Waals surface area contributed by atoms with Crippen molar-refractivity contribution in [3.8, 4) is 11.1 Å². The third-order valence-electron chi connectivity index (χ3n) is 5.76. The molecule has 1 aliphatic carbocycles. The van der Waals surface area contributed by atoms with Crippen LogP contribution in [0.2, 0.25) is 0 Å². The molecule has 0 aliphatic heterocycles. The second-order valence-corrected chi connectivity index (χ2v) is 7.75. The summed E-state index contributed by atoms with van der Waals surface area (Å²) < 4.78 is 6.84. The first-order chi connectivity index (χ1) is 15.9. The van der Waals surface area contributed by atoms with E-state index in [2.05, 4.69) is 27.9 Å². The number of aromatic nitrogens is 2. The lowest BCUT2D eigenvalue weighted by Gasteiger charge is -2.15. The number of anilines is 1. The van der Waals surface area contributed by atoms with Crippen LogP contribution in [0.3, 0.4) is 0 Å². The van der Waals surface area contributed by atoms with Crippen LogP contribution in [0.5, 0.6) is 0 Å². The highest BCUT2D eigenvalue weighted by atomic mass is 16.5. The van der Waals surface area contributed by atoms with Gasteiger partial charge in [0, 0.05) is 13.0 Å². The van der Waals surface area contributed by atoms with Crippen LogP contribution in [-0.2, 0) is 16.6 Å². The molecule has 0 radical (unpaired) electrons. The Bertz CT molecular complexity index is 1170. The number of rotatable bonds is 7. The normalized spacial score (nSPS) is 13.0. The molecule has 170 valence electrons. The maximum Gasteiger partial charge on any atom is 0.412 e. The summed E-state index contributed by atoms with van der Waals surface area (Å²) in [5.41, 5.74) is 4.47. The Morgan fingerprint density at radius 2 is 1.70 bits per heavy atom. The molecule has 0 saturated carbocycles. The third kappa shape index (κ3) is 4.30. The highest BCUT2D eigenvalue weighted by Gasteiger charge is 2.29. The smallest absolute Gasteiger partial charge is 0.412 e. The molecule has 1 unspecified atom stereocenters. The molecular formula is C24H24N4O5. The maximum atomic E-state index is 12.6. The number of carbonyl (C=O) groups is 3. The molecule has 9 nitrogen and oxygen atoms in total. The summed E-state index contributed by atoms with van der Waals surface area (Å²) in [6, 6.07) is 15.0. The summed E-state index contributed by atoms with van der Waals surface area (Å²) in [5.74, 6) is -1.77. The quantitative estimate of drug-likeness (QED) is 0.509. The fourth-order valence-electron chi connectivity index (χ4n) is 4.06.